The molecule has 4 rings (SSSR count). The third-order valence-corrected chi connectivity index (χ3v) is 4.90. The number of fused-ring (bicyclic) bond motifs is 1. The van der Waals surface area contributed by atoms with E-state index in [1.54, 1.807) is 0 Å². The highest BCUT2D eigenvalue weighted by Gasteiger charge is 2.14. The average Bonchev–Trinajstić information content (AvgIpc) is 3.11. The Hall–Kier alpha value is -3.41. The number of nitrogens with zero attached hydrogens (tertiary/aromatic N) is 3. The number of hydrogen-bond donors (Lipinski definition) is 2. The minimum absolute atomic E-state index is 0.0874. The smallest absolute Gasteiger partial charge is 0.274 e. The molecule has 0 amide bonds. The second-order valence-corrected chi connectivity index (χ2v) is 8.34. The standard InChI is InChI=1S/C23H25N5O/c1-15-6-5-7-18(12-15)24-14-19-13-20(29)28-22(25-19)26-21(27-28)16-8-10-17(11-9-16)23(2,3)4/h5-13,24H,14H2,1-4H3,(H,25,26,27). The third kappa shape index (κ3) is 4.06. The SMILES string of the molecule is Cc1cccc(NCc2cc(=O)n3[nH]c(-c4ccc(C(C)(C)C)cc4)nc3n2)c1. The molecular weight excluding hydrogens is 362 g/mol. The molecule has 2 aromatic carbocycles. The third-order valence-electron chi connectivity index (χ3n) is 4.90. The van der Waals surface area contributed by atoms with Crippen molar-refractivity contribution < 1.29 is 0 Å². The van der Waals surface area contributed by atoms with Crippen LogP contribution in [0.15, 0.2) is 59.4 Å². The lowest BCUT2D eigenvalue weighted by atomic mass is 9.87. The summed E-state index contributed by atoms with van der Waals surface area (Å²) in [6, 6.07) is 17.8. The zero-order valence-electron chi connectivity index (χ0n) is 17.2. The van der Waals surface area contributed by atoms with Crippen LogP contribution in [0.3, 0.4) is 0 Å². The second-order valence-electron chi connectivity index (χ2n) is 8.34. The topological polar surface area (TPSA) is 75.1 Å². The zero-order chi connectivity index (χ0) is 20.6. The first kappa shape index (κ1) is 18.9. The summed E-state index contributed by atoms with van der Waals surface area (Å²) in [7, 11) is 0. The van der Waals surface area contributed by atoms with Crippen LogP contribution in [0.1, 0.15) is 37.6 Å². The fourth-order valence-corrected chi connectivity index (χ4v) is 3.22. The molecule has 0 unspecified atom stereocenters. The summed E-state index contributed by atoms with van der Waals surface area (Å²) in [6.07, 6.45) is 0. The van der Waals surface area contributed by atoms with Crippen molar-refractivity contribution in [2.24, 2.45) is 0 Å². The minimum atomic E-state index is -0.180. The van der Waals surface area contributed by atoms with Gasteiger partial charge in [-0.25, -0.2) is 4.98 Å². The van der Waals surface area contributed by atoms with Crippen LogP contribution in [0.2, 0.25) is 0 Å². The van der Waals surface area contributed by atoms with E-state index in [1.807, 2.05) is 37.3 Å². The van der Waals surface area contributed by atoms with Crippen molar-refractivity contribution in [2.45, 2.75) is 39.7 Å². The first-order chi connectivity index (χ1) is 13.8. The summed E-state index contributed by atoms with van der Waals surface area (Å²) >= 11 is 0. The summed E-state index contributed by atoms with van der Waals surface area (Å²) in [6.45, 7) is 9.04. The molecule has 2 aromatic heterocycles. The Bertz CT molecular complexity index is 1210. The van der Waals surface area contributed by atoms with Crippen LogP contribution in [-0.4, -0.2) is 19.6 Å². The molecule has 2 N–H and O–H groups in total. The first-order valence-electron chi connectivity index (χ1n) is 9.70. The minimum Gasteiger partial charge on any atom is -0.379 e. The quantitative estimate of drug-likeness (QED) is 0.547. The molecule has 0 saturated heterocycles. The number of rotatable bonds is 4. The van der Waals surface area contributed by atoms with Gasteiger partial charge >= 0.3 is 0 Å². The molecule has 2 heterocycles. The van der Waals surface area contributed by atoms with Gasteiger partial charge in [0, 0.05) is 17.3 Å². The number of benzene rings is 2. The van der Waals surface area contributed by atoms with Crippen LogP contribution in [0.4, 0.5) is 5.69 Å². The van der Waals surface area contributed by atoms with E-state index in [2.05, 4.69) is 59.4 Å². The van der Waals surface area contributed by atoms with Gasteiger partial charge in [-0.2, -0.15) is 9.50 Å². The van der Waals surface area contributed by atoms with Crippen LogP contribution in [-0.2, 0) is 12.0 Å². The number of aromatic nitrogens is 4. The van der Waals surface area contributed by atoms with E-state index in [0.717, 1.165) is 11.3 Å². The fraction of sp³-hybridized carbons (Fsp3) is 0.261. The predicted octanol–water partition coefficient (Wildman–Crippen LogP) is 4.30. The molecule has 0 aliphatic rings. The van der Waals surface area contributed by atoms with E-state index in [-0.39, 0.29) is 11.0 Å². The molecule has 0 aliphatic heterocycles. The highest BCUT2D eigenvalue weighted by Crippen LogP contribution is 2.24. The normalized spacial score (nSPS) is 11.7. The van der Waals surface area contributed by atoms with Gasteiger partial charge in [0.05, 0.1) is 12.2 Å². The molecule has 0 fully saturated rings. The van der Waals surface area contributed by atoms with Crippen molar-refractivity contribution in [3.63, 3.8) is 0 Å². The summed E-state index contributed by atoms with van der Waals surface area (Å²) in [5.41, 5.74) is 4.89. The number of anilines is 1. The molecule has 0 atom stereocenters. The number of H-pyrrole nitrogens is 1. The van der Waals surface area contributed by atoms with E-state index >= 15 is 0 Å². The summed E-state index contributed by atoms with van der Waals surface area (Å²) in [5.74, 6) is 0.993. The van der Waals surface area contributed by atoms with Gasteiger partial charge in [0.1, 0.15) is 0 Å². The fourth-order valence-electron chi connectivity index (χ4n) is 3.22. The Morgan fingerprint density at radius 1 is 1.03 bits per heavy atom. The van der Waals surface area contributed by atoms with E-state index in [9.17, 15) is 4.79 Å². The van der Waals surface area contributed by atoms with Gasteiger partial charge in [0.15, 0.2) is 5.82 Å². The molecule has 29 heavy (non-hydrogen) atoms. The Labute approximate surface area is 169 Å². The molecular formula is C23H25N5O. The second kappa shape index (κ2) is 7.20. The Kier molecular flexibility index (Phi) is 4.70. The molecule has 4 aromatic rings. The van der Waals surface area contributed by atoms with Gasteiger partial charge in [0.25, 0.3) is 11.3 Å². The van der Waals surface area contributed by atoms with E-state index in [1.165, 1.54) is 21.7 Å². The van der Waals surface area contributed by atoms with Crippen molar-refractivity contribution in [1.82, 2.24) is 19.6 Å². The number of aryl methyl sites for hydroxylation is 1. The largest absolute Gasteiger partial charge is 0.379 e. The van der Waals surface area contributed by atoms with Crippen molar-refractivity contribution in [3.8, 4) is 11.4 Å². The zero-order valence-corrected chi connectivity index (χ0v) is 17.2. The number of nitrogens with one attached hydrogen (secondary N) is 2. The van der Waals surface area contributed by atoms with Crippen molar-refractivity contribution in [3.05, 3.63) is 81.8 Å². The summed E-state index contributed by atoms with van der Waals surface area (Å²) in [4.78, 5) is 21.6. The first-order valence-corrected chi connectivity index (χ1v) is 9.70. The van der Waals surface area contributed by atoms with Gasteiger partial charge in [-0.05, 0) is 35.6 Å². The highest BCUT2D eigenvalue weighted by molar-refractivity contribution is 5.57. The maximum Gasteiger partial charge on any atom is 0.274 e. The monoisotopic (exact) mass is 387 g/mol. The van der Waals surface area contributed by atoms with E-state index in [4.69, 9.17) is 0 Å². The summed E-state index contributed by atoms with van der Waals surface area (Å²) < 4.78 is 1.38. The van der Waals surface area contributed by atoms with Gasteiger partial charge in [0.2, 0.25) is 0 Å². The lowest BCUT2D eigenvalue weighted by Crippen LogP contribution is -2.17. The molecule has 0 spiro atoms. The molecule has 6 nitrogen and oxygen atoms in total. The Morgan fingerprint density at radius 2 is 1.79 bits per heavy atom. The van der Waals surface area contributed by atoms with Crippen LogP contribution < -0.4 is 10.9 Å². The number of hydrogen-bond acceptors (Lipinski definition) is 4. The van der Waals surface area contributed by atoms with Crippen LogP contribution in [0, 0.1) is 6.92 Å². The molecule has 0 bridgehead atoms. The van der Waals surface area contributed by atoms with Gasteiger partial charge in [-0.1, -0.05) is 57.2 Å². The molecule has 0 aliphatic carbocycles. The van der Waals surface area contributed by atoms with E-state index < -0.39 is 0 Å². The predicted molar refractivity (Wildman–Crippen MR) is 116 cm³/mol. The van der Waals surface area contributed by atoms with Crippen molar-refractivity contribution >= 4 is 11.5 Å². The van der Waals surface area contributed by atoms with Crippen LogP contribution in [0.5, 0.6) is 0 Å². The molecule has 0 radical (unpaired) electrons. The van der Waals surface area contributed by atoms with Crippen LogP contribution >= 0.6 is 0 Å². The highest BCUT2D eigenvalue weighted by atomic mass is 16.1. The molecule has 0 saturated carbocycles. The van der Waals surface area contributed by atoms with Crippen molar-refractivity contribution in [1.29, 1.82) is 0 Å². The molecule has 148 valence electrons. The average molecular weight is 387 g/mol. The van der Waals surface area contributed by atoms with Crippen molar-refractivity contribution in [2.75, 3.05) is 5.32 Å². The van der Waals surface area contributed by atoms with E-state index in [0.29, 0.717) is 23.8 Å². The van der Waals surface area contributed by atoms with Gasteiger partial charge < -0.3 is 5.32 Å². The number of aromatic amines is 1. The van der Waals surface area contributed by atoms with Crippen LogP contribution in [0.25, 0.3) is 17.2 Å². The van der Waals surface area contributed by atoms with Gasteiger partial charge in [-0.15, -0.1) is 0 Å². The lowest BCUT2D eigenvalue weighted by Gasteiger charge is -2.18. The lowest BCUT2D eigenvalue weighted by molar-refractivity contribution is 0.590. The summed E-state index contributed by atoms with van der Waals surface area (Å²) in [5, 5.41) is 6.36. The maximum absolute atomic E-state index is 12.5. The van der Waals surface area contributed by atoms with Gasteiger partial charge in [-0.3, -0.25) is 9.89 Å². The Balaban J connectivity index is 1.61. The molecule has 6 heteroatoms. The maximum atomic E-state index is 12.5. The Morgan fingerprint density at radius 3 is 2.48 bits per heavy atom.